The van der Waals surface area contributed by atoms with Crippen LogP contribution in [0.2, 0.25) is 10.0 Å². The monoisotopic (exact) mass is 1150 g/mol. The molecule has 8 rings (SSSR count). The molecule has 0 saturated carbocycles. The molecular formula is C40H39Cl3F8N14O7S2. The molecule has 6 aromatic rings. The van der Waals surface area contributed by atoms with Gasteiger partial charge in [-0.05, 0) is 48.2 Å². The number of carbonyl (C=O) groups excluding carboxylic acids is 1. The molecule has 2 aromatic carbocycles. The number of anilines is 2. The summed E-state index contributed by atoms with van der Waals surface area (Å²) in [5.41, 5.74) is -3.22. The summed E-state index contributed by atoms with van der Waals surface area (Å²) in [4.78, 5) is 40.4. The van der Waals surface area contributed by atoms with E-state index in [1.165, 1.54) is 57.9 Å². The molecule has 0 radical (unpaired) electrons. The summed E-state index contributed by atoms with van der Waals surface area (Å²) in [5, 5.41) is 21.7. The number of sulfonamides is 2. The number of hydrazone groups is 2. The topological polar surface area (TPSA) is 259 Å². The van der Waals surface area contributed by atoms with Gasteiger partial charge in [0.25, 0.3) is 5.91 Å². The van der Waals surface area contributed by atoms with Crippen LogP contribution in [0.4, 0.5) is 46.5 Å². The molecule has 74 heavy (non-hydrogen) atoms. The number of rotatable bonds is 11. The number of aromatic carboxylic acids is 1. The van der Waals surface area contributed by atoms with Crippen molar-refractivity contribution >= 4 is 103 Å². The van der Waals surface area contributed by atoms with E-state index in [9.17, 15) is 61.5 Å². The molecule has 400 valence electrons. The maximum absolute atomic E-state index is 14.7. The van der Waals surface area contributed by atoms with Gasteiger partial charge >= 0.3 is 37.0 Å². The Labute approximate surface area is 430 Å². The van der Waals surface area contributed by atoms with E-state index in [0.717, 1.165) is 16.1 Å². The van der Waals surface area contributed by atoms with Crippen molar-refractivity contribution in [1.29, 1.82) is 0 Å². The molecule has 0 fully saturated rings. The van der Waals surface area contributed by atoms with E-state index in [0.29, 0.717) is 69.6 Å². The van der Waals surface area contributed by atoms with Crippen molar-refractivity contribution in [3.05, 3.63) is 117 Å². The average Bonchev–Trinajstić information content (AvgIpc) is 3.91. The zero-order chi connectivity index (χ0) is 53.8. The standard InChI is InChI=1S/C20H18ClF4N7O3S.C11H12F4N4O2S.C9H8ClN3O2.ClH/c1-2-15-17(31-10-13(21)9-27-19(31)29-15)18(33)26-8-12-3-4-16(14(22)7-12)32-6-5-30(11-28-32)36(34,35)20(23,24)25;12-9-5-8(6-16)1-2-10(9)19-4-3-18(7-17-19)22(20,21)11(13,14)15;1-2-6-7(8(14)15)13-4-5(10)3-11-9(13)12-6;/h3-4,7,9-11H,2,5-6,8H2,1H3,(H,26,33);1-2,5,7H,3-4,6,16H2;3-4H,2H2,1H3,(H,14,15);1H. The number of fused-ring (bicyclic) bond motifs is 2. The first-order valence-electron chi connectivity index (χ1n) is 20.8. The molecule has 2 aliphatic heterocycles. The minimum atomic E-state index is -5.57. The number of carbonyl (C=O) groups is 2. The molecule has 0 aliphatic carbocycles. The molecule has 4 N–H and O–H groups in total. The third-order valence-corrected chi connectivity index (χ3v) is 13.7. The summed E-state index contributed by atoms with van der Waals surface area (Å²) in [6.07, 6.45) is 7.88. The fraction of sp³-hybridized carbons (Fsp3) is 0.300. The SMILES string of the molecule is CCc1nc2ncc(Cl)cn2c1C(=O)NCc1ccc(N2CCN(S(=O)(=O)C(F)(F)F)C=N2)c(F)c1.CCc1nc2ncc(Cl)cn2c1C(=O)O.Cl.NCc1ccc(N2CCN(S(=O)(=O)C(F)(F)F)C=N2)c(F)c1. The number of aromatic nitrogens is 6. The van der Waals surface area contributed by atoms with E-state index in [1.807, 2.05) is 13.8 Å². The quantitative estimate of drug-likeness (QED) is 0.122. The summed E-state index contributed by atoms with van der Waals surface area (Å²) >= 11 is 11.7. The van der Waals surface area contributed by atoms with Gasteiger partial charge in [0.15, 0.2) is 5.69 Å². The lowest BCUT2D eigenvalue weighted by Gasteiger charge is -2.29. The number of benzene rings is 2. The van der Waals surface area contributed by atoms with Crippen LogP contribution in [0, 0.1) is 11.6 Å². The number of hydrogen-bond acceptors (Lipinski definition) is 15. The molecule has 6 heterocycles. The van der Waals surface area contributed by atoms with Crippen LogP contribution in [-0.4, -0.2) is 121 Å². The van der Waals surface area contributed by atoms with E-state index in [4.69, 9.17) is 34.0 Å². The summed E-state index contributed by atoms with van der Waals surface area (Å²) in [6.45, 7) is 2.18. The number of nitrogens with two attached hydrogens (primary N) is 1. The Morgan fingerprint density at radius 2 is 1.12 bits per heavy atom. The average molecular weight is 1150 g/mol. The van der Waals surface area contributed by atoms with Crippen LogP contribution in [0.15, 0.2) is 71.4 Å². The predicted molar refractivity (Wildman–Crippen MR) is 256 cm³/mol. The van der Waals surface area contributed by atoms with Crippen molar-refractivity contribution in [2.45, 2.75) is 50.8 Å². The maximum Gasteiger partial charge on any atom is 0.516 e. The molecular weight excluding hydrogens is 1110 g/mol. The third kappa shape index (κ3) is 12.6. The van der Waals surface area contributed by atoms with E-state index >= 15 is 0 Å². The van der Waals surface area contributed by atoms with E-state index in [2.05, 4.69) is 35.5 Å². The minimum Gasteiger partial charge on any atom is -0.477 e. The molecule has 21 nitrogen and oxygen atoms in total. The Hall–Kier alpha value is -6.67. The van der Waals surface area contributed by atoms with Crippen LogP contribution in [0.3, 0.4) is 0 Å². The van der Waals surface area contributed by atoms with Gasteiger partial charge in [-0.1, -0.05) is 49.2 Å². The summed E-state index contributed by atoms with van der Waals surface area (Å²) in [5.74, 6) is -2.24. The molecule has 0 unspecified atom stereocenters. The van der Waals surface area contributed by atoms with E-state index < -0.39 is 67.7 Å². The summed E-state index contributed by atoms with van der Waals surface area (Å²) < 4.78 is 152. The largest absolute Gasteiger partial charge is 0.516 e. The lowest BCUT2D eigenvalue weighted by Crippen LogP contribution is -2.46. The Morgan fingerprint density at radius 3 is 1.50 bits per heavy atom. The van der Waals surface area contributed by atoms with Gasteiger partial charge in [-0.2, -0.15) is 53.4 Å². The third-order valence-electron chi connectivity index (χ3n) is 10.3. The fourth-order valence-electron chi connectivity index (χ4n) is 6.75. The number of aryl methyl sites for hydroxylation is 2. The van der Waals surface area contributed by atoms with Gasteiger partial charge in [-0.25, -0.2) is 42.1 Å². The van der Waals surface area contributed by atoms with Crippen LogP contribution in [0.1, 0.15) is 57.3 Å². The summed E-state index contributed by atoms with van der Waals surface area (Å²) in [7, 11) is -11.1. The lowest BCUT2D eigenvalue weighted by atomic mass is 10.1. The van der Waals surface area contributed by atoms with Crippen molar-refractivity contribution in [2.75, 3.05) is 36.2 Å². The Morgan fingerprint density at radius 1 is 0.703 bits per heavy atom. The number of imidazole rings is 2. The molecule has 0 atom stereocenters. The van der Waals surface area contributed by atoms with E-state index in [-0.39, 0.29) is 70.0 Å². The molecule has 4 aromatic heterocycles. The first-order chi connectivity index (χ1) is 34.2. The zero-order valence-corrected chi connectivity index (χ0v) is 41.9. The molecule has 34 heteroatoms. The Bertz CT molecular complexity index is 3350. The second kappa shape index (κ2) is 23.3. The van der Waals surface area contributed by atoms with Crippen LogP contribution < -0.4 is 21.1 Å². The van der Waals surface area contributed by atoms with Gasteiger partial charge in [0, 0.05) is 25.5 Å². The van der Waals surface area contributed by atoms with Crippen molar-refractivity contribution < 1.29 is 66.7 Å². The smallest absolute Gasteiger partial charge is 0.477 e. The van der Waals surface area contributed by atoms with Gasteiger partial charge < -0.3 is 16.2 Å². The molecule has 0 bridgehead atoms. The molecule has 1 amide bonds. The first-order valence-corrected chi connectivity index (χ1v) is 24.5. The Balaban J connectivity index is 0.000000226. The van der Waals surface area contributed by atoms with Crippen molar-refractivity contribution in [3.8, 4) is 0 Å². The Kier molecular flexibility index (Phi) is 18.3. The van der Waals surface area contributed by atoms with Crippen molar-refractivity contribution in [1.82, 2.24) is 42.7 Å². The van der Waals surface area contributed by atoms with Crippen molar-refractivity contribution in [2.24, 2.45) is 15.9 Å². The van der Waals surface area contributed by atoms with Gasteiger partial charge in [0.2, 0.25) is 11.6 Å². The highest BCUT2D eigenvalue weighted by atomic mass is 35.5. The predicted octanol–water partition coefficient (Wildman–Crippen LogP) is 6.19. The number of hydrogen-bond donors (Lipinski definition) is 3. The highest BCUT2D eigenvalue weighted by molar-refractivity contribution is 7.90. The molecule has 0 spiro atoms. The molecule has 2 aliphatic rings. The first kappa shape index (κ1) is 58.2. The number of alkyl halides is 6. The van der Waals surface area contributed by atoms with E-state index in [1.54, 1.807) is 6.07 Å². The normalized spacial score (nSPS) is 14.1. The van der Waals surface area contributed by atoms with Gasteiger partial charge in [-0.15, -0.1) is 12.4 Å². The summed E-state index contributed by atoms with van der Waals surface area (Å²) in [6, 6.07) is 8.08. The number of carboxylic acid groups (broad SMARTS) is 1. The fourth-order valence-corrected chi connectivity index (χ4v) is 8.55. The number of amides is 1. The second-order valence-electron chi connectivity index (χ2n) is 15.0. The minimum absolute atomic E-state index is 0. The number of nitrogens with zero attached hydrogens (tertiary/aromatic N) is 12. The number of nitrogens with one attached hydrogen (secondary N) is 1. The van der Waals surface area contributed by atoms with Crippen LogP contribution in [-0.2, 0) is 46.0 Å². The second-order valence-corrected chi connectivity index (χ2v) is 19.6. The van der Waals surface area contributed by atoms with Crippen molar-refractivity contribution in [3.63, 3.8) is 0 Å². The number of halogens is 11. The zero-order valence-electron chi connectivity index (χ0n) is 37.9. The van der Waals surface area contributed by atoms with Crippen LogP contribution >= 0.6 is 35.6 Å². The number of carboxylic acids is 1. The highest BCUT2D eigenvalue weighted by Gasteiger charge is 2.51. The van der Waals surface area contributed by atoms with Crippen LogP contribution in [0.25, 0.3) is 11.6 Å². The van der Waals surface area contributed by atoms with Gasteiger partial charge in [0.1, 0.15) is 30.0 Å². The highest BCUT2D eigenvalue weighted by Crippen LogP contribution is 2.30. The van der Waals surface area contributed by atoms with Crippen LogP contribution in [0.5, 0.6) is 0 Å². The van der Waals surface area contributed by atoms with Gasteiger partial charge in [0.05, 0.1) is 71.4 Å². The molecule has 0 saturated heterocycles. The van der Waals surface area contributed by atoms with Gasteiger partial charge in [-0.3, -0.25) is 23.6 Å². The lowest BCUT2D eigenvalue weighted by molar-refractivity contribution is -0.0477. The maximum atomic E-state index is 14.7.